The van der Waals surface area contributed by atoms with E-state index >= 15 is 0 Å². The van der Waals surface area contributed by atoms with Gasteiger partial charge in [-0.25, -0.2) is 9.59 Å². The highest BCUT2D eigenvalue weighted by atomic mass is 16.8. The molecule has 0 aromatic heterocycles. The monoisotopic (exact) mass is 482 g/mol. The molecule has 12 nitrogen and oxygen atoms in total. The average Bonchev–Trinajstić information content (AvgIpc) is 3.41. The topological polar surface area (TPSA) is 175 Å². The number of aliphatic hydroxyl groups excluding tert-OH is 2. The van der Waals surface area contributed by atoms with Crippen molar-refractivity contribution in [2.75, 3.05) is 0 Å². The molecule has 12 heteroatoms. The Labute approximate surface area is 193 Å². The molecule has 0 bridgehead atoms. The van der Waals surface area contributed by atoms with Gasteiger partial charge in [0.25, 0.3) is 0 Å². The van der Waals surface area contributed by atoms with Crippen LogP contribution in [0.2, 0.25) is 0 Å². The lowest BCUT2D eigenvalue weighted by molar-refractivity contribution is -0.240. The molecule has 12 atom stereocenters. The Bertz CT molecular complexity index is 1060. The van der Waals surface area contributed by atoms with Gasteiger partial charge in [-0.1, -0.05) is 20.8 Å². The van der Waals surface area contributed by atoms with E-state index in [2.05, 4.69) is 0 Å². The van der Waals surface area contributed by atoms with Crippen LogP contribution in [-0.2, 0) is 42.9 Å². The second-order valence-electron chi connectivity index (χ2n) is 11.4. The summed E-state index contributed by atoms with van der Waals surface area (Å²) in [4.78, 5) is 51.1. The number of hydrogen-bond acceptors (Lipinski definition) is 12. The van der Waals surface area contributed by atoms with Crippen molar-refractivity contribution in [1.82, 2.24) is 0 Å². The molecule has 0 radical (unpaired) electrons. The number of ether oxygens (including phenoxy) is 5. The Kier molecular flexibility index (Phi) is 3.75. The van der Waals surface area contributed by atoms with Crippen LogP contribution >= 0.6 is 0 Å². The van der Waals surface area contributed by atoms with Crippen molar-refractivity contribution in [3.05, 3.63) is 0 Å². The Hall–Kier alpha value is -2.28. The van der Waals surface area contributed by atoms with Crippen LogP contribution in [0.1, 0.15) is 34.6 Å². The number of hydrogen-bond donors (Lipinski definition) is 3. The summed E-state index contributed by atoms with van der Waals surface area (Å²) in [5, 5.41) is 35.3. The van der Waals surface area contributed by atoms with Crippen LogP contribution in [0, 0.1) is 28.1 Å². The highest BCUT2D eigenvalue weighted by Gasteiger charge is 3.05. The molecule has 4 heterocycles. The largest absolute Gasteiger partial charge is 0.458 e. The summed E-state index contributed by atoms with van der Waals surface area (Å²) >= 11 is 0. The summed E-state index contributed by atoms with van der Waals surface area (Å²) < 4.78 is 28.2. The third kappa shape index (κ3) is 1.71. The van der Waals surface area contributed by atoms with Crippen molar-refractivity contribution in [3.8, 4) is 0 Å². The van der Waals surface area contributed by atoms with Gasteiger partial charge in [0, 0.05) is 12.8 Å². The van der Waals surface area contributed by atoms with E-state index in [9.17, 15) is 34.5 Å². The van der Waals surface area contributed by atoms with Crippen LogP contribution in [0.15, 0.2) is 0 Å². The van der Waals surface area contributed by atoms with Crippen molar-refractivity contribution in [2.24, 2.45) is 28.1 Å². The normalized spacial score (nSPS) is 56.4. The van der Waals surface area contributed by atoms with Crippen molar-refractivity contribution < 1.29 is 58.2 Å². The number of carbonyl (C=O) groups is 4. The quantitative estimate of drug-likeness (QED) is 0.282. The minimum absolute atomic E-state index is 0.719. The number of esters is 4. The van der Waals surface area contributed by atoms with Gasteiger partial charge >= 0.3 is 23.9 Å². The standard InChI is InChI=1S/C22H26O12/c1-6-14(26)31-13-10(24)20-12-8(30-7(2)23)9(18(3,4)5)19(20)11(25)15(27)33-17(19)34-22(20,16(28)32-12)21(6,13)29/h6,8-13,17,24-25,29H,1-5H3/t6-,8-,9?,10-,11+,12+,13+,17+,19?,20?,21-,22+/m1/s1. The van der Waals surface area contributed by atoms with Crippen molar-refractivity contribution in [1.29, 1.82) is 0 Å². The predicted octanol–water partition coefficient (Wildman–Crippen LogP) is -1.83. The molecule has 3 N–H and O–H groups in total. The summed E-state index contributed by atoms with van der Waals surface area (Å²) in [6.07, 6.45) is -9.65. The van der Waals surface area contributed by atoms with Crippen LogP contribution in [0.4, 0.5) is 0 Å². The third-order valence-electron chi connectivity index (χ3n) is 9.23. The number of rotatable bonds is 1. The maximum absolute atomic E-state index is 13.6. The lowest BCUT2D eigenvalue weighted by Crippen LogP contribution is -2.67. The molecule has 4 saturated heterocycles. The molecule has 34 heavy (non-hydrogen) atoms. The molecule has 6 fully saturated rings. The average molecular weight is 482 g/mol. The van der Waals surface area contributed by atoms with E-state index < -0.39 is 100.0 Å². The number of fused-ring (bicyclic) bond motifs is 1. The minimum Gasteiger partial charge on any atom is -0.458 e. The molecule has 186 valence electrons. The predicted molar refractivity (Wildman–Crippen MR) is 103 cm³/mol. The SMILES string of the molecule is CC(=O)O[C@@H]1C(C(C)(C)C)C23[C@@H](OC(=O)[C@@H]2O)O[C@@]24C(=O)O[C@@H]1C32[C@H](O)[C@@H]1OC(=O)[C@@H](C)[C@@]14O. The smallest absolute Gasteiger partial charge is 0.343 e. The van der Waals surface area contributed by atoms with Gasteiger partial charge in [0.15, 0.2) is 23.9 Å². The van der Waals surface area contributed by atoms with Gasteiger partial charge in [-0.15, -0.1) is 0 Å². The van der Waals surface area contributed by atoms with Gasteiger partial charge in [-0.2, -0.15) is 0 Å². The molecule has 6 rings (SSSR count). The molecule has 2 aliphatic carbocycles. The van der Waals surface area contributed by atoms with Crippen molar-refractivity contribution in [2.45, 2.75) is 82.6 Å². The lowest BCUT2D eigenvalue weighted by Gasteiger charge is -2.47. The second-order valence-corrected chi connectivity index (χ2v) is 11.4. The molecule has 0 aromatic carbocycles. The summed E-state index contributed by atoms with van der Waals surface area (Å²) in [6.45, 7) is 7.80. The molecule has 0 aromatic rings. The summed E-state index contributed by atoms with van der Waals surface area (Å²) in [5.74, 6) is -6.02. The zero-order chi connectivity index (χ0) is 25.0. The summed E-state index contributed by atoms with van der Waals surface area (Å²) in [5.41, 5.74) is -9.61. The van der Waals surface area contributed by atoms with Crippen LogP contribution in [-0.4, -0.2) is 87.2 Å². The number of carbonyl (C=O) groups excluding carboxylic acids is 4. The molecule has 6 aliphatic rings. The van der Waals surface area contributed by atoms with E-state index in [0.29, 0.717) is 0 Å². The Morgan fingerprint density at radius 2 is 1.68 bits per heavy atom. The Morgan fingerprint density at radius 3 is 2.26 bits per heavy atom. The Morgan fingerprint density at radius 1 is 1.03 bits per heavy atom. The zero-order valence-electron chi connectivity index (χ0n) is 19.1. The molecular formula is C22H26O12. The molecule has 0 amide bonds. The summed E-state index contributed by atoms with van der Waals surface area (Å²) in [6, 6.07) is 0. The van der Waals surface area contributed by atoms with E-state index in [1.54, 1.807) is 20.8 Å². The van der Waals surface area contributed by atoms with E-state index in [4.69, 9.17) is 23.7 Å². The molecule has 4 aliphatic heterocycles. The van der Waals surface area contributed by atoms with Crippen LogP contribution in [0.3, 0.4) is 0 Å². The van der Waals surface area contributed by atoms with Crippen LogP contribution in [0.5, 0.6) is 0 Å². The summed E-state index contributed by atoms with van der Waals surface area (Å²) in [7, 11) is 0. The van der Waals surface area contributed by atoms with Gasteiger partial charge in [-0.3, -0.25) is 9.59 Å². The fraction of sp³-hybridized carbons (Fsp3) is 0.818. The van der Waals surface area contributed by atoms with Crippen molar-refractivity contribution in [3.63, 3.8) is 0 Å². The van der Waals surface area contributed by atoms with Crippen molar-refractivity contribution >= 4 is 23.9 Å². The highest BCUT2D eigenvalue weighted by Crippen LogP contribution is 2.84. The van der Waals surface area contributed by atoms with Gasteiger partial charge in [0.05, 0.1) is 16.7 Å². The van der Waals surface area contributed by atoms with Crippen LogP contribution in [0.25, 0.3) is 0 Å². The lowest BCUT2D eigenvalue weighted by atomic mass is 9.51. The first-order chi connectivity index (χ1) is 15.7. The van der Waals surface area contributed by atoms with E-state index in [1.165, 1.54) is 6.92 Å². The first-order valence-corrected chi connectivity index (χ1v) is 11.2. The Balaban J connectivity index is 1.74. The second kappa shape index (κ2) is 5.75. The van der Waals surface area contributed by atoms with Gasteiger partial charge in [0.2, 0.25) is 11.9 Å². The zero-order valence-corrected chi connectivity index (χ0v) is 19.1. The number of aliphatic hydroxyl groups is 3. The van der Waals surface area contributed by atoms with Gasteiger partial charge < -0.3 is 39.0 Å². The van der Waals surface area contributed by atoms with E-state index in [-0.39, 0.29) is 0 Å². The third-order valence-corrected chi connectivity index (χ3v) is 9.23. The minimum atomic E-state index is -2.44. The first kappa shape index (κ1) is 22.2. The van der Waals surface area contributed by atoms with E-state index in [0.717, 1.165) is 6.92 Å². The van der Waals surface area contributed by atoms with Gasteiger partial charge in [0.1, 0.15) is 12.2 Å². The van der Waals surface area contributed by atoms with Gasteiger partial charge in [-0.05, 0) is 12.3 Å². The fourth-order valence-corrected chi connectivity index (χ4v) is 8.54. The molecule has 3 unspecified atom stereocenters. The fourth-order valence-electron chi connectivity index (χ4n) is 8.54. The molecule has 2 saturated carbocycles. The van der Waals surface area contributed by atoms with E-state index in [1.807, 2.05) is 0 Å². The maximum Gasteiger partial charge on any atom is 0.343 e. The highest BCUT2D eigenvalue weighted by molar-refractivity contribution is 5.94. The molecule has 2 spiro atoms. The maximum atomic E-state index is 13.6. The molecular weight excluding hydrogens is 456 g/mol. The first-order valence-electron chi connectivity index (χ1n) is 11.2. The van der Waals surface area contributed by atoms with Crippen LogP contribution < -0.4 is 0 Å².